The number of esters is 2. The van der Waals surface area contributed by atoms with Crippen molar-refractivity contribution in [3.8, 4) is 11.5 Å². The molecule has 1 aliphatic heterocycles. The van der Waals surface area contributed by atoms with Crippen LogP contribution in [-0.4, -0.2) is 29.4 Å². The molecule has 0 atom stereocenters. The molecule has 0 bridgehead atoms. The first-order valence-corrected chi connectivity index (χ1v) is 11.6. The molecule has 3 aromatic carbocycles. The number of cyclic esters (lactones) is 1. The predicted octanol–water partition coefficient (Wildman–Crippen LogP) is 5.63. The lowest BCUT2D eigenvalue weighted by Gasteiger charge is -2.13. The van der Waals surface area contributed by atoms with Crippen molar-refractivity contribution >= 4 is 45.5 Å². The summed E-state index contributed by atoms with van der Waals surface area (Å²) in [7, 11) is 0. The number of halogens is 1. The third-order valence-electron chi connectivity index (χ3n) is 5.06. The second-order valence-corrected chi connectivity index (χ2v) is 8.51. The molecule has 0 saturated heterocycles. The van der Waals surface area contributed by atoms with Crippen LogP contribution in [0.1, 0.15) is 34.0 Å². The molecule has 0 saturated carbocycles. The molecule has 36 heavy (non-hydrogen) atoms. The van der Waals surface area contributed by atoms with Crippen LogP contribution >= 0.6 is 15.9 Å². The molecule has 0 spiro atoms. The van der Waals surface area contributed by atoms with Crippen molar-refractivity contribution in [2.24, 2.45) is 4.99 Å². The average Bonchev–Trinajstić information content (AvgIpc) is 3.21. The number of carbonyl (C=O) groups excluding carboxylic acids is 2. The Bertz CT molecular complexity index is 1410. The fraction of sp³-hybridized carbons (Fsp3) is 0.115. The Kier molecular flexibility index (Phi) is 7.25. The summed E-state index contributed by atoms with van der Waals surface area (Å²) >= 11 is 3.42. The molecule has 9 nitrogen and oxygen atoms in total. The summed E-state index contributed by atoms with van der Waals surface area (Å²) in [5.41, 5.74) is 2.32. The second-order valence-electron chi connectivity index (χ2n) is 7.66. The topological polar surface area (TPSA) is 117 Å². The molecule has 0 N–H and O–H groups in total. The highest BCUT2D eigenvalue weighted by Crippen LogP contribution is 2.38. The van der Waals surface area contributed by atoms with Gasteiger partial charge in [-0.3, -0.25) is 10.1 Å². The minimum atomic E-state index is -0.674. The number of hydrogen-bond donors (Lipinski definition) is 0. The van der Waals surface area contributed by atoms with E-state index < -0.39 is 16.9 Å². The Hall–Kier alpha value is -4.31. The number of nitro groups is 1. The molecule has 0 aromatic heterocycles. The third kappa shape index (κ3) is 5.49. The Morgan fingerprint density at radius 3 is 2.47 bits per heavy atom. The van der Waals surface area contributed by atoms with Crippen molar-refractivity contribution in [1.29, 1.82) is 0 Å². The van der Waals surface area contributed by atoms with Crippen LogP contribution in [0.3, 0.4) is 0 Å². The van der Waals surface area contributed by atoms with E-state index in [4.69, 9.17) is 14.2 Å². The van der Waals surface area contributed by atoms with Gasteiger partial charge in [0.2, 0.25) is 5.90 Å². The highest BCUT2D eigenvalue weighted by Gasteiger charge is 2.25. The number of aryl methyl sites for hydroxylation is 1. The maximum Gasteiger partial charge on any atom is 0.363 e. The molecule has 4 rings (SSSR count). The van der Waals surface area contributed by atoms with Crippen molar-refractivity contribution in [1.82, 2.24) is 0 Å². The first-order chi connectivity index (χ1) is 17.2. The molecular weight excluding hydrogens is 532 g/mol. The van der Waals surface area contributed by atoms with Gasteiger partial charge in [-0.05, 0) is 77.8 Å². The standard InChI is InChI=1S/C26H19BrN2O7/c1-3-34-22-14-16(12-20(27)23(22)35-25(30)18-6-4-15(2)5-7-18)13-21-26(31)36-24(28-21)17-8-10-19(11-9-17)29(32)33/h4-14H,3H2,1-2H3/b21-13-. The zero-order valence-electron chi connectivity index (χ0n) is 19.2. The van der Waals surface area contributed by atoms with E-state index in [-0.39, 0.29) is 23.0 Å². The van der Waals surface area contributed by atoms with Crippen LogP contribution in [-0.2, 0) is 9.53 Å². The van der Waals surface area contributed by atoms with Gasteiger partial charge in [-0.25, -0.2) is 14.6 Å². The summed E-state index contributed by atoms with van der Waals surface area (Å²) in [6, 6.07) is 15.8. The van der Waals surface area contributed by atoms with Gasteiger partial charge in [0.05, 0.1) is 21.6 Å². The SMILES string of the molecule is CCOc1cc(/C=C2\N=C(c3ccc([N+](=O)[O-])cc3)OC2=O)cc(Br)c1OC(=O)c1ccc(C)cc1. The maximum absolute atomic E-state index is 12.6. The maximum atomic E-state index is 12.6. The first kappa shape index (κ1) is 24.8. The van der Waals surface area contributed by atoms with Gasteiger partial charge in [-0.2, -0.15) is 0 Å². The molecule has 0 unspecified atom stereocenters. The number of aliphatic imine (C=N–C) groups is 1. The number of benzene rings is 3. The van der Waals surface area contributed by atoms with Crippen LogP contribution < -0.4 is 9.47 Å². The Morgan fingerprint density at radius 1 is 1.14 bits per heavy atom. The average molecular weight is 551 g/mol. The van der Waals surface area contributed by atoms with Crippen molar-refractivity contribution in [3.05, 3.63) is 103 Å². The number of nitrogens with zero attached hydrogens (tertiary/aromatic N) is 2. The highest BCUT2D eigenvalue weighted by atomic mass is 79.9. The lowest BCUT2D eigenvalue weighted by atomic mass is 10.1. The molecule has 0 radical (unpaired) electrons. The Morgan fingerprint density at radius 2 is 1.83 bits per heavy atom. The van der Waals surface area contributed by atoms with E-state index in [0.29, 0.717) is 33.5 Å². The molecule has 3 aromatic rings. The zero-order valence-corrected chi connectivity index (χ0v) is 20.8. The number of rotatable bonds is 7. The van der Waals surface area contributed by atoms with Crippen LogP contribution in [0.4, 0.5) is 5.69 Å². The largest absolute Gasteiger partial charge is 0.490 e. The normalized spacial score (nSPS) is 13.8. The molecule has 1 aliphatic rings. The highest BCUT2D eigenvalue weighted by molar-refractivity contribution is 9.10. The minimum Gasteiger partial charge on any atom is -0.490 e. The van der Waals surface area contributed by atoms with Gasteiger partial charge in [-0.15, -0.1) is 0 Å². The van der Waals surface area contributed by atoms with Crippen LogP contribution in [0, 0.1) is 17.0 Å². The van der Waals surface area contributed by atoms with Gasteiger partial charge in [0.1, 0.15) is 0 Å². The van der Waals surface area contributed by atoms with Crippen LogP contribution in [0.15, 0.2) is 75.8 Å². The van der Waals surface area contributed by atoms with E-state index in [9.17, 15) is 19.7 Å². The minimum absolute atomic E-state index is 0.0297. The second kappa shape index (κ2) is 10.5. The quantitative estimate of drug-likeness (QED) is 0.123. The van der Waals surface area contributed by atoms with E-state index in [1.807, 2.05) is 19.1 Å². The van der Waals surface area contributed by atoms with Crippen molar-refractivity contribution in [3.63, 3.8) is 0 Å². The predicted molar refractivity (Wildman–Crippen MR) is 135 cm³/mol. The number of carbonyl (C=O) groups is 2. The molecule has 0 aliphatic carbocycles. The number of hydrogen-bond acceptors (Lipinski definition) is 8. The van der Waals surface area contributed by atoms with Gasteiger partial charge in [-0.1, -0.05) is 17.7 Å². The van der Waals surface area contributed by atoms with Crippen molar-refractivity contribution < 1.29 is 28.7 Å². The molecule has 0 amide bonds. The van der Waals surface area contributed by atoms with Gasteiger partial charge < -0.3 is 14.2 Å². The summed E-state index contributed by atoms with van der Waals surface area (Å²) in [6.45, 7) is 4.02. The lowest BCUT2D eigenvalue weighted by molar-refractivity contribution is -0.384. The van der Waals surface area contributed by atoms with Gasteiger partial charge in [0.25, 0.3) is 5.69 Å². The Labute approximate surface area is 214 Å². The summed E-state index contributed by atoms with van der Waals surface area (Å²) in [5, 5.41) is 10.8. The van der Waals surface area contributed by atoms with Gasteiger partial charge >= 0.3 is 11.9 Å². The van der Waals surface area contributed by atoms with Crippen LogP contribution in [0.25, 0.3) is 6.08 Å². The zero-order chi connectivity index (χ0) is 25.8. The summed E-state index contributed by atoms with van der Waals surface area (Å²) in [4.78, 5) is 39.6. The third-order valence-corrected chi connectivity index (χ3v) is 5.65. The van der Waals surface area contributed by atoms with Gasteiger partial charge in [0, 0.05) is 17.7 Å². The van der Waals surface area contributed by atoms with E-state index in [0.717, 1.165) is 5.56 Å². The number of ether oxygens (including phenoxy) is 3. The lowest BCUT2D eigenvalue weighted by Crippen LogP contribution is -2.10. The van der Waals surface area contributed by atoms with Crippen molar-refractivity contribution in [2.45, 2.75) is 13.8 Å². The molecular formula is C26H19BrN2O7. The van der Waals surface area contributed by atoms with Crippen molar-refractivity contribution in [2.75, 3.05) is 6.61 Å². The van der Waals surface area contributed by atoms with E-state index in [2.05, 4.69) is 20.9 Å². The fourth-order valence-electron chi connectivity index (χ4n) is 3.29. The number of non-ortho nitro benzene ring substituents is 1. The smallest absolute Gasteiger partial charge is 0.363 e. The monoisotopic (exact) mass is 550 g/mol. The molecule has 0 fully saturated rings. The number of nitro benzene ring substituents is 1. The van der Waals surface area contributed by atoms with E-state index >= 15 is 0 Å². The fourth-order valence-corrected chi connectivity index (χ4v) is 3.83. The van der Waals surface area contributed by atoms with Crippen LogP contribution in [0.5, 0.6) is 11.5 Å². The molecule has 10 heteroatoms. The molecule has 182 valence electrons. The summed E-state index contributed by atoms with van der Waals surface area (Å²) < 4.78 is 17.0. The van der Waals surface area contributed by atoms with E-state index in [1.54, 1.807) is 31.2 Å². The molecule has 1 heterocycles. The van der Waals surface area contributed by atoms with Gasteiger partial charge in [0.15, 0.2) is 17.2 Å². The first-order valence-electron chi connectivity index (χ1n) is 10.8. The Balaban J connectivity index is 1.62. The van der Waals surface area contributed by atoms with Crippen LogP contribution in [0.2, 0.25) is 0 Å². The van der Waals surface area contributed by atoms with E-state index in [1.165, 1.54) is 30.3 Å². The summed E-state index contributed by atoms with van der Waals surface area (Å²) in [5.74, 6) is -0.681. The summed E-state index contributed by atoms with van der Waals surface area (Å²) in [6.07, 6.45) is 1.50.